The highest BCUT2D eigenvalue weighted by atomic mass is 15.1. The van der Waals surface area contributed by atoms with Crippen LogP contribution in [0.25, 0.3) is 10.9 Å². The topological polar surface area (TPSA) is 39.8 Å². The van der Waals surface area contributed by atoms with Crippen molar-refractivity contribution in [3.05, 3.63) is 73.2 Å². The van der Waals surface area contributed by atoms with E-state index < -0.39 is 0 Å². The number of para-hydroxylation sites is 1. The second-order valence-corrected chi connectivity index (χ2v) is 4.37. The molecule has 0 aliphatic rings. The van der Waals surface area contributed by atoms with Crippen LogP contribution in [-0.2, 0) is 0 Å². The van der Waals surface area contributed by atoms with Gasteiger partial charge in [0.2, 0.25) is 0 Å². The lowest BCUT2D eigenvalue weighted by Gasteiger charge is -2.12. The van der Waals surface area contributed by atoms with Gasteiger partial charge in [-0.2, -0.15) is 0 Å². The molecule has 19 heavy (non-hydrogen) atoms. The number of hydrogen-bond acceptors (Lipinski definition) is 2. The van der Waals surface area contributed by atoms with Crippen molar-refractivity contribution in [2.75, 3.05) is 10.6 Å². The van der Waals surface area contributed by atoms with E-state index >= 15 is 0 Å². The van der Waals surface area contributed by atoms with E-state index in [0.717, 1.165) is 22.7 Å². The molecule has 0 atom stereocenters. The van der Waals surface area contributed by atoms with Crippen LogP contribution in [-0.4, -0.2) is 4.98 Å². The van der Waals surface area contributed by atoms with Gasteiger partial charge in [0, 0.05) is 28.5 Å². The average molecular weight is 249 g/mol. The summed E-state index contributed by atoms with van der Waals surface area (Å²) in [6.07, 6.45) is 1.94. The van der Waals surface area contributed by atoms with Gasteiger partial charge < -0.3 is 15.6 Å². The largest absolute Gasteiger partial charge is 0.361 e. The van der Waals surface area contributed by atoms with Gasteiger partial charge in [-0.05, 0) is 36.4 Å². The molecule has 1 heterocycles. The number of aromatic nitrogens is 1. The Labute approximate surface area is 112 Å². The average Bonchev–Trinajstić information content (AvgIpc) is 2.87. The number of fused-ring (bicyclic) bond motifs is 1. The van der Waals surface area contributed by atoms with E-state index in [9.17, 15) is 0 Å². The Morgan fingerprint density at radius 3 is 2.53 bits per heavy atom. The quantitative estimate of drug-likeness (QED) is 0.649. The van der Waals surface area contributed by atoms with Crippen LogP contribution in [0.4, 0.5) is 11.4 Å². The van der Waals surface area contributed by atoms with Gasteiger partial charge in [-0.25, -0.2) is 0 Å². The van der Waals surface area contributed by atoms with E-state index in [2.05, 4.69) is 28.3 Å². The molecule has 1 aromatic heterocycles. The highest BCUT2D eigenvalue weighted by Gasteiger charge is 1.99. The molecule has 0 spiro atoms. The molecular weight excluding hydrogens is 234 g/mol. The van der Waals surface area contributed by atoms with Gasteiger partial charge in [-0.3, -0.25) is 0 Å². The summed E-state index contributed by atoms with van der Waals surface area (Å²) in [6.45, 7) is 3.98. The first-order valence-corrected chi connectivity index (χ1v) is 6.16. The molecular formula is C16H15N3. The fraction of sp³-hybridized carbons (Fsp3) is 0. The summed E-state index contributed by atoms with van der Waals surface area (Å²) in [7, 11) is 0. The highest BCUT2D eigenvalue weighted by Crippen LogP contribution is 2.19. The van der Waals surface area contributed by atoms with Gasteiger partial charge in [-0.15, -0.1) is 0 Å². The molecule has 0 saturated heterocycles. The Balaban J connectivity index is 1.72. The van der Waals surface area contributed by atoms with Gasteiger partial charge in [0.15, 0.2) is 0 Å². The van der Waals surface area contributed by atoms with E-state index in [1.54, 1.807) is 0 Å². The molecule has 3 nitrogen and oxygen atoms in total. The molecule has 0 aliphatic heterocycles. The fourth-order valence-corrected chi connectivity index (χ4v) is 2.03. The molecule has 0 radical (unpaired) electrons. The van der Waals surface area contributed by atoms with Crippen molar-refractivity contribution >= 4 is 22.3 Å². The summed E-state index contributed by atoms with van der Waals surface area (Å²) >= 11 is 0. The van der Waals surface area contributed by atoms with Gasteiger partial charge >= 0.3 is 0 Å². The molecule has 0 aliphatic carbocycles. The van der Waals surface area contributed by atoms with Crippen molar-refractivity contribution in [3.8, 4) is 0 Å². The summed E-state index contributed by atoms with van der Waals surface area (Å²) in [6, 6.07) is 18.2. The van der Waals surface area contributed by atoms with Crippen LogP contribution in [0.2, 0.25) is 0 Å². The Kier molecular flexibility index (Phi) is 2.94. The summed E-state index contributed by atoms with van der Waals surface area (Å²) in [5.74, 6) is 0.751. The molecule has 2 aromatic carbocycles. The number of nitrogens with one attached hydrogen (secondary N) is 3. The van der Waals surface area contributed by atoms with Crippen molar-refractivity contribution in [1.29, 1.82) is 0 Å². The van der Waals surface area contributed by atoms with Crippen LogP contribution in [0.15, 0.2) is 73.2 Å². The highest BCUT2D eigenvalue weighted by molar-refractivity contribution is 5.83. The number of anilines is 2. The van der Waals surface area contributed by atoms with Crippen LogP contribution in [0.3, 0.4) is 0 Å². The molecule has 3 N–H and O–H groups in total. The number of hydrogen-bond donors (Lipinski definition) is 3. The second kappa shape index (κ2) is 4.90. The maximum atomic E-state index is 3.98. The zero-order valence-corrected chi connectivity index (χ0v) is 10.5. The molecule has 0 fully saturated rings. The first-order valence-electron chi connectivity index (χ1n) is 6.16. The van der Waals surface area contributed by atoms with Gasteiger partial charge in [-0.1, -0.05) is 24.8 Å². The van der Waals surface area contributed by atoms with Crippen molar-refractivity contribution in [2.24, 2.45) is 0 Å². The number of rotatable bonds is 4. The smallest absolute Gasteiger partial charge is 0.100 e. The summed E-state index contributed by atoms with van der Waals surface area (Å²) in [5.41, 5.74) is 3.16. The second-order valence-electron chi connectivity index (χ2n) is 4.37. The lowest BCUT2D eigenvalue weighted by atomic mass is 10.2. The summed E-state index contributed by atoms with van der Waals surface area (Å²) in [5, 5.41) is 7.65. The third-order valence-corrected chi connectivity index (χ3v) is 2.92. The van der Waals surface area contributed by atoms with Crippen LogP contribution in [0.5, 0.6) is 0 Å². The maximum absolute atomic E-state index is 3.98. The Hall–Kier alpha value is -2.68. The molecule has 0 unspecified atom stereocenters. The molecule has 0 saturated carbocycles. The minimum absolute atomic E-state index is 0.751. The molecule has 0 amide bonds. The third-order valence-electron chi connectivity index (χ3n) is 2.92. The third kappa shape index (κ3) is 2.60. The van der Waals surface area contributed by atoms with Crippen molar-refractivity contribution < 1.29 is 0 Å². The van der Waals surface area contributed by atoms with Crippen LogP contribution in [0.1, 0.15) is 0 Å². The van der Waals surface area contributed by atoms with E-state index in [4.69, 9.17) is 0 Å². The Bertz CT molecular complexity index is 698. The molecule has 0 bridgehead atoms. The van der Waals surface area contributed by atoms with Gasteiger partial charge in [0.1, 0.15) is 5.82 Å². The van der Waals surface area contributed by atoms with Crippen LogP contribution in [0, 0.1) is 0 Å². The summed E-state index contributed by atoms with van der Waals surface area (Å²) < 4.78 is 0. The lowest BCUT2D eigenvalue weighted by Crippen LogP contribution is -2.07. The summed E-state index contributed by atoms with van der Waals surface area (Å²) in [4.78, 5) is 3.17. The molecule has 3 rings (SSSR count). The Morgan fingerprint density at radius 1 is 0.895 bits per heavy atom. The normalized spacial score (nSPS) is 10.3. The van der Waals surface area contributed by atoms with Crippen LogP contribution >= 0.6 is 0 Å². The zero-order chi connectivity index (χ0) is 13.1. The predicted molar refractivity (Wildman–Crippen MR) is 81.1 cm³/mol. The van der Waals surface area contributed by atoms with Crippen LogP contribution < -0.4 is 10.6 Å². The maximum Gasteiger partial charge on any atom is 0.100 e. The molecule has 3 aromatic rings. The first-order chi connectivity index (χ1) is 9.31. The minimum atomic E-state index is 0.751. The SMILES string of the molecule is C=C(Nc1ccccc1)Nc1ccc2[nH]ccc2c1. The minimum Gasteiger partial charge on any atom is -0.361 e. The van der Waals surface area contributed by atoms with Crippen molar-refractivity contribution in [1.82, 2.24) is 4.98 Å². The number of H-pyrrole nitrogens is 1. The van der Waals surface area contributed by atoms with Gasteiger partial charge in [0.05, 0.1) is 0 Å². The monoisotopic (exact) mass is 249 g/mol. The first kappa shape index (κ1) is 11.4. The van der Waals surface area contributed by atoms with E-state index in [1.165, 1.54) is 5.39 Å². The van der Waals surface area contributed by atoms with Gasteiger partial charge in [0.25, 0.3) is 0 Å². The van der Waals surface area contributed by atoms with Crippen molar-refractivity contribution in [2.45, 2.75) is 0 Å². The number of aromatic amines is 1. The fourth-order valence-electron chi connectivity index (χ4n) is 2.03. The van der Waals surface area contributed by atoms with E-state index in [0.29, 0.717) is 0 Å². The molecule has 94 valence electrons. The standard InChI is InChI=1S/C16H15N3/c1-12(18-14-5-3-2-4-6-14)19-15-7-8-16-13(11-15)9-10-17-16/h2-11,17-19H,1H2. The van der Waals surface area contributed by atoms with E-state index in [1.807, 2.05) is 54.7 Å². The zero-order valence-electron chi connectivity index (χ0n) is 10.5. The van der Waals surface area contributed by atoms with E-state index in [-0.39, 0.29) is 0 Å². The Morgan fingerprint density at radius 2 is 1.68 bits per heavy atom. The lowest BCUT2D eigenvalue weighted by molar-refractivity contribution is 1.39. The number of benzene rings is 2. The predicted octanol–water partition coefficient (Wildman–Crippen LogP) is 4.16. The molecule has 3 heteroatoms. The van der Waals surface area contributed by atoms with Crippen molar-refractivity contribution in [3.63, 3.8) is 0 Å².